The van der Waals surface area contributed by atoms with Gasteiger partial charge in [-0.2, -0.15) is 0 Å². The molecule has 2 amide bonds. The third-order valence-electron chi connectivity index (χ3n) is 6.03. The molecule has 0 N–H and O–H groups in total. The molecule has 0 aromatic heterocycles. The standard InChI is InChI=1S/C25H30N2O4/c1-18-5-3-4-6-21(18)17-31-23-14-26(13-19-7-11-22(30-2)12-8-19)24(28)16-27(15-23)25(29)20-9-10-20/h3-8,11-12,20,23H,9-10,13-17H2,1-2H3. The summed E-state index contributed by atoms with van der Waals surface area (Å²) in [5.74, 6) is 0.917. The summed E-state index contributed by atoms with van der Waals surface area (Å²) in [6.07, 6.45) is 1.62. The topological polar surface area (TPSA) is 59.1 Å². The molecule has 1 aliphatic heterocycles. The largest absolute Gasteiger partial charge is 0.497 e. The number of amides is 2. The van der Waals surface area contributed by atoms with Gasteiger partial charge in [0.2, 0.25) is 11.8 Å². The van der Waals surface area contributed by atoms with E-state index in [-0.39, 0.29) is 30.4 Å². The van der Waals surface area contributed by atoms with Gasteiger partial charge in [0, 0.05) is 25.6 Å². The fraction of sp³-hybridized carbons (Fsp3) is 0.440. The highest BCUT2D eigenvalue weighted by atomic mass is 16.5. The van der Waals surface area contributed by atoms with Crippen molar-refractivity contribution in [1.29, 1.82) is 0 Å². The number of hydrogen-bond donors (Lipinski definition) is 0. The minimum Gasteiger partial charge on any atom is -0.497 e. The van der Waals surface area contributed by atoms with Crippen LogP contribution in [0.25, 0.3) is 0 Å². The number of hydrogen-bond acceptors (Lipinski definition) is 4. The zero-order valence-corrected chi connectivity index (χ0v) is 18.3. The Hall–Kier alpha value is -2.86. The molecule has 164 valence electrons. The van der Waals surface area contributed by atoms with Crippen LogP contribution in [0.3, 0.4) is 0 Å². The molecular formula is C25H30N2O4. The number of nitrogens with zero attached hydrogens (tertiary/aromatic N) is 2. The summed E-state index contributed by atoms with van der Waals surface area (Å²) in [4.78, 5) is 29.3. The van der Waals surface area contributed by atoms with Crippen LogP contribution in [0.15, 0.2) is 48.5 Å². The molecule has 2 aliphatic rings. The van der Waals surface area contributed by atoms with Crippen molar-refractivity contribution in [2.45, 2.75) is 39.0 Å². The first-order chi connectivity index (χ1) is 15.0. The molecule has 1 atom stereocenters. The predicted octanol–water partition coefficient (Wildman–Crippen LogP) is 3.17. The predicted molar refractivity (Wildman–Crippen MR) is 117 cm³/mol. The summed E-state index contributed by atoms with van der Waals surface area (Å²) in [5.41, 5.74) is 3.32. The van der Waals surface area contributed by atoms with E-state index >= 15 is 0 Å². The average molecular weight is 423 g/mol. The SMILES string of the molecule is COc1ccc(CN2CC(OCc3ccccc3C)CN(C(=O)C3CC3)CC2=O)cc1. The van der Waals surface area contributed by atoms with Gasteiger partial charge in [-0.25, -0.2) is 0 Å². The van der Waals surface area contributed by atoms with E-state index in [4.69, 9.17) is 9.47 Å². The van der Waals surface area contributed by atoms with Gasteiger partial charge in [-0.1, -0.05) is 36.4 Å². The van der Waals surface area contributed by atoms with Crippen molar-refractivity contribution >= 4 is 11.8 Å². The van der Waals surface area contributed by atoms with Gasteiger partial charge in [0.25, 0.3) is 0 Å². The molecule has 2 aromatic carbocycles. The monoisotopic (exact) mass is 422 g/mol. The number of methoxy groups -OCH3 is 1. The van der Waals surface area contributed by atoms with E-state index in [0.29, 0.717) is 26.2 Å². The maximum absolute atomic E-state index is 13.0. The summed E-state index contributed by atoms with van der Waals surface area (Å²) >= 11 is 0. The molecule has 0 spiro atoms. The summed E-state index contributed by atoms with van der Waals surface area (Å²) in [6, 6.07) is 15.9. The normalized spacial score (nSPS) is 19.3. The smallest absolute Gasteiger partial charge is 0.242 e. The third kappa shape index (κ3) is 5.44. The van der Waals surface area contributed by atoms with Gasteiger partial charge < -0.3 is 19.3 Å². The lowest BCUT2D eigenvalue weighted by atomic mass is 10.1. The fourth-order valence-electron chi connectivity index (χ4n) is 3.92. The van der Waals surface area contributed by atoms with Crippen molar-refractivity contribution in [1.82, 2.24) is 9.80 Å². The first-order valence-corrected chi connectivity index (χ1v) is 10.9. The molecule has 1 saturated carbocycles. The molecule has 1 unspecified atom stereocenters. The minimum atomic E-state index is -0.230. The summed E-state index contributed by atoms with van der Waals surface area (Å²) < 4.78 is 11.5. The van der Waals surface area contributed by atoms with Crippen LogP contribution >= 0.6 is 0 Å². The van der Waals surface area contributed by atoms with Gasteiger partial charge in [-0.15, -0.1) is 0 Å². The average Bonchev–Trinajstić information content (AvgIpc) is 3.63. The lowest BCUT2D eigenvalue weighted by Crippen LogP contribution is -2.40. The Morgan fingerprint density at radius 2 is 1.81 bits per heavy atom. The molecule has 0 radical (unpaired) electrons. The lowest BCUT2D eigenvalue weighted by Gasteiger charge is -2.25. The van der Waals surface area contributed by atoms with Crippen LogP contribution in [0.5, 0.6) is 5.75 Å². The molecule has 31 heavy (non-hydrogen) atoms. The highest BCUT2D eigenvalue weighted by Crippen LogP contribution is 2.31. The highest BCUT2D eigenvalue weighted by molar-refractivity contribution is 5.87. The van der Waals surface area contributed by atoms with Gasteiger partial charge in [0.05, 0.1) is 26.4 Å². The lowest BCUT2D eigenvalue weighted by molar-refractivity contribution is -0.139. The Bertz CT molecular complexity index is 923. The van der Waals surface area contributed by atoms with Crippen LogP contribution in [0.4, 0.5) is 0 Å². The molecule has 2 aromatic rings. The maximum atomic E-state index is 13.0. The summed E-state index contributed by atoms with van der Waals surface area (Å²) in [5, 5.41) is 0. The number of ether oxygens (including phenoxy) is 2. The van der Waals surface area contributed by atoms with E-state index in [1.54, 1.807) is 12.0 Å². The number of rotatable bonds is 7. The van der Waals surface area contributed by atoms with Gasteiger partial charge in [0.15, 0.2) is 0 Å². The van der Waals surface area contributed by atoms with Crippen LogP contribution in [0.2, 0.25) is 0 Å². The number of carbonyl (C=O) groups is 2. The Kier molecular flexibility index (Phi) is 6.56. The van der Waals surface area contributed by atoms with Crippen LogP contribution < -0.4 is 4.74 Å². The van der Waals surface area contributed by atoms with E-state index in [1.165, 1.54) is 5.56 Å². The van der Waals surface area contributed by atoms with Gasteiger partial charge in [-0.05, 0) is 48.6 Å². The molecular weight excluding hydrogens is 392 g/mol. The van der Waals surface area contributed by atoms with Crippen molar-refractivity contribution in [2.75, 3.05) is 26.7 Å². The highest BCUT2D eigenvalue weighted by Gasteiger charge is 2.38. The van der Waals surface area contributed by atoms with Crippen molar-refractivity contribution in [3.05, 3.63) is 65.2 Å². The fourth-order valence-corrected chi connectivity index (χ4v) is 3.92. The Morgan fingerprint density at radius 3 is 2.48 bits per heavy atom. The van der Waals surface area contributed by atoms with E-state index in [1.807, 2.05) is 41.3 Å². The minimum absolute atomic E-state index is 0.0354. The Morgan fingerprint density at radius 1 is 1.06 bits per heavy atom. The van der Waals surface area contributed by atoms with E-state index in [0.717, 1.165) is 29.7 Å². The van der Waals surface area contributed by atoms with Crippen LogP contribution in [0, 0.1) is 12.8 Å². The van der Waals surface area contributed by atoms with Crippen molar-refractivity contribution in [2.24, 2.45) is 5.92 Å². The summed E-state index contributed by atoms with van der Waals surface area (Å²) in [7, 11) is 1.63. The quantitative estimate of drug-likeness (QED) is 0.688. The van der Waals surface area contributed by atoms with Crippen LogP contribution in [0.1, 0.15) is 29.5 Å². The molecule has 6 heteroatoms. The second kappa shape index (κ2) is 9.52. The van der Waals surface area contributed by atoms with E-state index < -0.39 is 0 Å². The van der Waals surface area contributed by atoms with Gasteiger partial charge in [-0.3, -0.25) is 9.59 Å². The number of carbonyl (C=O) groups excluding carboxylic acids is 2. The van der Waals surface area contributed by atoms with Crippen LogP contribution in [-0.4, -0.2) is 54.5 Å². The maximum Gasteiger partial charge on any atom is 0.242 e. The number of benzene rings is 2. The molecule has 2 fully saturated rings. The first kappa shape index (κ1) is 21.4. The Labute approximate surface area is 183 Å². The molecule has 0 bridgehead atoms. The zero-order valence-electron chi connectivity index (χ0n) is 18.3. The van der Waals surface area contributed by atoms with E-state index in [9.17, 15) is 9.59 Å². The van der Waals surface area contributed by atoms with Gasteiger partial charge in [0.1, 0.15) is 5.75 Å². The van der Waals surface area contributed by atoms with Crippen LogP contribution in [-0.2, 0) is 27.5 Å². The Balaban J connectivity index is 1.48. The van der Waals surface area contributed by atoms with E-state index in [2.05, 4.69) is 19.1 Å². The second-order valence-corrected chi connectivity index (χ2v) is 8.47. The zero-order chi connectivity index (χ0) is 21.8. The molecule has 1 heterocycles. The molecule has 4 rings (SSSR count). The number of aryl methyl sites for hydroxylation is 1. The van der Waals surface area contributed by atoms with Crippen molar-refractivity contribution in [3.8, 4) is 5.75 Å². The second-order valence-electron chi connectivity index (χ2n) is 8.47. The first-order valence-electron chi connectivity index (χ1n) is 10.9. The van der Waals surface area contributed by atoms with Crippen molar-refractivity contribution < 1.29 is 19.1 Å². The van der Waals surface area contributed by atoms with Gasteiger partial charge >= 0.3 is 0 Å². The third-order valence-corrected chi connectivity index (χ3v) is 6.03. The molecule has 6 nitrogen and oxygen atoms in total. The van der Waals surface area contributed by atoms with Crippen molar-refractivity contribution in [3.63, 3.8) is 0 Å². The molecule has 1 aliphatic carbocycles. The molecule has 1 saturated heterocycles. The summed E-state index contributed by atoms with van der Waals surface area (Å²) in [6.45, 7) is 4.05.